The molecule has 3 heteroatoms. The average molecular weight is 551 g/mol. The third-order valence-corrected chi connectivity index (χ3v) is 8.03. The number of hydrogen-bond acceptors (Lipinski definition) is 3. The van der Waals surface area contributed by atoms with Gasteiger partial charge in [-0.15, -0.1) is 0 Å². The monoisotopic (exact) mass is 550 g/mol. The van der Waals surface area contributed by atoms with Crippen LogP contribution in [-0.2, 0) is 0 Å². The lowest BCUT2D eigenvalue weighted by atomic mass is 9.96. The Labute approximate surface area is 249 Å². The van der Waals surface area contributed by atoms with Gasteiger partial charge in [0.15, 0.2) is 5.58 Å². The fourth-order valence-electron chi connectivity index (χ4n) is 5.77. The molecule has 0 aliphatic rings. The van der Waals surface area contributed by atoms with Crippen LogP contribution < -0.4 is 0 Å². The van der Waals surface area contributed by atoms with Crippen molar-refractivity contribution in [3.05, 3.63) is 158 Å². The summed E-state index contributed by atoms with van der Waals surface area (Å²) in [5, 5.41) is 2.52. The second-order valence-corrected chi connectivity index (χ2v) is 10.7. The van der Waals surface area contributed by atoms with Crippen LogP contribution >= 0.6 is 0 Å². The molecule has 0 saturated carbocycles. The maximum absolute atomic E-state index is 6.17. The third-order valence-electron chi connectivity index (χ3n) is 8.03. The van der Waals surface area contributed by atoms with Crippen LogP contribution in [0.2, 0.25) is 0 Å². The fourth-order valence-corrected chi connectivity index (χ4v) is 5.77. The van der Waals surface area contributed by atoms with Crippen LogP contribution in [0.25, 0.3) is 77.8 Å². The van der Waals surface area contributed by atoms with Crippen LogP contribution in [0.15, 0.2) is 162 Å². The van der Waals surface area contributed by atoms with Gasteiger partial charge in [0.05, 0.1) is 0 Å². The molecule has 8 rings (SSSR count). The van der Waals surface area contributed by atoms with Crippen molar-refractivity contribution in [3.8, 4) is 56.0 Å². The molecule has 202 valence electrons. The van der Waals surface area contributed by atoms with E-state index in [4.69, 9.17) is 9.40 Å². The second-order valence-electron chi connectivity index (χ2n) is 10.7. The molecule has 6 aromatic carbocycles. The van der Waals surface area contributed by atoms with E-state index in [-0.39, 0.29) is 0 Å². The first-order valence-electron chi connectivity index (χ1n) is 14.4. The van der Waals surface area contributed by atoms with E-state index < -0.39 is 0 Å². The molecule has 3 nitrogen and oxygen atoms in total. The van der Waals surface area contributed by atoms with Gasteiger partial charge in [-0.2, -0.15) is 0 Å². The molecule has 0 amide bonds. The molecule has 43 heavy (non-hydrogen) atoms. The molecule has 0 aliphatic heterocycles. The zero-order valence-corrected chi connectivity index (χ0v) is 23.3. The lowest BCUT2D eigenvalue weighted by Gasteiger charge is -2.08. The van der Waals surface area contributed by atoms with Crippen molar-refractivity contribution in [2.45, 2.75) is 0 Å². The SMILES string of the molecule is c1cncc(-c2cccc(-c3ccc(-c4nc5cc(-c6ccc(-c7cccc8ccccc78)cc6)ccc5o4)cc3)c2)c1. The molecule has 0 fully saturated rings. The van der Waals surface area contributed by atoms with Gasteiger partial charge in [0.1, 0.15) is 5.52 Å². The van der Waals surface area contributed by atoms with Gasteiger partial charge < -0.3 is 4.42 Å². The van der Waals surface area contributed by atoms with E-state index >= 15 is 0 Å². The number of aromatic nitrogens is 2. The topological polar surface area (TPSA) is 38.9 Å². The molecule has 0 radical (unpaired) electrons. The van der Waals surface area contributed by atoms with E-state index in [0.29, 0.717) is 5.89 Å². The first kappa shape index (κ1) is 25.0. The summed E-state index contributed by atoms with van der Waals surface area (Å²) in [7, 11) is 0. The third kappa shape index (κ3) is 4.77. The van der Waals surface area contributed by atoms with Crippen LogP contribution in [0.4, 0.5) is 0 Å². The largest absolute Gasteiger partial charge is 0.436 e. The number of hydrogen-bond donors (Lipinski definition) is 0. The lowest BCUT2D eigenvalue weighted by Crippen LogP contribution is -1.83. The van der Waals surface area contributed by atoms with Gasteiger partial charge in [0, 0.05) is 23.5 Å². The van der Waals surface area contributed by atoms with Crippen molar-refractivity contribution < 1.29 is 4.42 Å². The predicted molar refractivity (Wildman–Crippen MR) is 176 cm³/mol. The number of benzene rings is 6. The maximum atomic E-state index is 6.17. The molecule has 0 N–H and O–H groups in total. The Morgan fingerprint density at radius 3 is 1.86 bits per heavy atom. The summed E-state index contributed by atoms with van der Waals surface area (Å²) >= 11 is 0. The minimum atomic E-state index is 0.620. The first-order valence-corrected chi connectivity index (χ1v) is 14.4. The summed E-state index contributed by atoms with van der Waals surface area (Å²) in [6.07, 6.45) is 3.69. The van der Waals surface area contributed by atoms with Gasteiger partial charge in [-0.3, -0.25) is 4.98 Å². The molecule has 8 aromatic rings. The van der Waals surface area contributed by atoms with E-state index in [1.807, 2.05) is 18.3 Å². The predicted octanol–water partition coefficient (Wildman–Crippen LogP) is 10.7. The Morgan fingerprint density at radius 1 is 0.442 bits per heavy atom. The molecule has 2 heterocycles. The van der Waals surface area contributed by atoms with E-state index in [0.717, 1.165) is 50.0 Å². The Balaban J connectivity index is 1.05. The molecule has 0 saturated heterocycles. The Kier molecular flexibility index (Phi) is 6.12. The number of rotatable bonds is 5. The van der Waals surface area contributed by atoms with Gasteiger partial charge in [-0.05, 0) is 86.1 Å². The molecule has 2 aromatic heterocycles. The van der Waals surface area contributed by atoms with Crippen LogP contribution in [0.3, 0.4) is 0 Å². The number of nitrogens with zero attached hydrogens (tertiary/aromatic N) is 2. The quantitative estimate of drug-likeness (QED) is 0.214. The smallest absolute Gasteiger partial charge is 0.227 e. The molecule has 0 atom stereocenters. The van der Waals surface area contributed by atoms with Gasteiger partial charge in [0.25, 0.3) is 0 Å². The minimum Gasteiger partial charge on any atom is -0.436 e. The van der Waals surface area contributed by atoms with Gasteiger partial charge in [-0.25, -0.2) is 4.98 Å². The highest BCUT2D eigenvalue weighted by Gasteiger charge is 2.11. The van der Waals surface area contributed by atoms with Crippen molar-refractivity contribution >= 4 is 21.9 Å². The van der Waals surface area contributed by atoms with Gasteiger partial charge in [-0.1, -0.05) is 109 Å². The summed E-state index contributed by atoms with van der Waals surface area (Å²) in [6.45, 7) is 0. The Hall–Kier alpha value is -5.80. The average Bonchev–Trinajstić information content (AvgIpc) is 3.52. The summed E-state index contributed by atoms with van der Waals surface area (Å²) < 4.78 is 6.17. The molecule has 0 aliphatic carbocycles. The van der Waals surface area contributed by atoms with E-state index in [1.54, 1.807) is 6.20 Å². The van der Waals surface area contributed by atoms with E-state index in [1.165, 1.54) is 21.9 Å². The minimum absolute atomic E-state index is 0.620. The normalized spacial score (nSPS) is 11.3. The highest BCUT2D eigenvalue weighted by molar-refractivity contribution is 5.97. The summed E-state index contributed by atoms with van der Waals surface area (Å²) in [4.78, 5) is 9.11. The zero-order valence-electron chi connectivity index (χ0n) is 23.3. The van der Waals surface area contributed by atoms with Crippen LogP contribution in [0, 0.1) is 0 Å². The summed E-state index contributed by atoms with van der Waals surface area (Å²) in [5.41, 5.74) is 11.8. The molecular formula is C40H26N2O. The molecule has 0 spiro atoms. The van der Waals surface area contributed by atoms with Crippen molar-refractivity contribution in [2.24, 2.45) is 0 Å². The Bertz CT molecular complexity index is 2210. The van der Waals surface area contributed by atoms with E-state index in [2.05, 4.69) is 138 Å². The maximum Gasteiger partial charge on any atom is 0.227 e. The van der Waals surface area contributed by atoms with Crippen LogP contribution in [0.1, 0.15) is 0 Å². The van der Waals surface area contributed by atoms with Crippen molar-refractivity contribution in [1.82, 2.24) is 9.97 Å². The summed E-state index contributed by atoms with van der Waals surface area (Å²) in [6, 6.07) is 50.9. The van der Waals surface area contributed by atoms with Gasteiger partial charge >= 0.3 is 0 Å². The Morgan fingerprint density at radius 2 is 1.07 bits per heavy atom. The number of fused-ring (bicyclic) bond motifs is 2. The first-order chi connectivity index (χ1) is 21.3. The second kappa shape index (κ2) is 10.6. The molecule has 0 bridgehead atoms. The molecule has 0 unspecified atom stereocenters. The lowest BCUT2D eigenvalue weighted by molar-refractivity contribution is 0.620. The highest BCUT2D eigenvalue weighted by Crippen LogP contribution is 2.33. The standard InChI is InChI=1S/C40H26N2O/c1-2-11-36-29(6-1)7-4-12-37(36)30-17-13-28(14-18-30)34-21-22-39-38(25-34)42-40(43-39)31-19-15-27(16-20-31)32-8-3-9-33(24-32)35-10-5-23-41-26-35/h1-26H. The van der Waals surface area contributed by atoms with Crippen molar-refractivity contribution in [1.29, 1.82) is 0 Å². The highest BCUT2D eigenvalue weighted by atomic mass is 16.3. The van der Waals surface area contributed by atoms with E-state index in [9.17, 15) is 0 Å². The van der Waals surface area contributed by atoms with Crippen molar-refractivity contribution in [2.75, 3.05) is 0 Å². The number of pyridine rings is 1. The van der Waals surface area contributed by atoms with Crippen LogP contribution in [-0.4, -0.2) is 9.97 Å². The van der Waals surface area contributed by atoms with Crippen molar-refractivity contribution in [3.63, 3.8) is 0 Å². The fraction of sp³-hybridized carbons (Fsp3) is 0. The van der Waals surface area contributed by atoms with Crippen LogP contribution in [0.5, 0.6) is 0 Å². The number of oxazole rings is 1. The zero-order chi connectivity index (χ0) is 28.6. The molecular weight excluding hydrogens is 524 g/mol. The van der Waals surface area contributed by atoms with Gasteiger partial charge in [0.2, 0.25) is 5.89 Å². The summed E-state index contributed by atoms with van der Waals surface area (Å²) in [5.74, 6) is 0.620.